The lowest BCUT2D eigenvalue weighted by Crippen LogP contribution is -2.00. The molecule has 1 heterocycles. The molecule has 3 rings (SSSR count). The monoisotopic (exact) mass is 329 g/mol. The minimum atomic E-state index is -0.780. The molecule has 1 unspecified atom stereocenters. The summed E-state index contributed by atoms with van der Waals surface area (Å²) in [5, 5.41) is 11.3. The molecule has 0 aliphatic heterocycles. The molecule has 0 bridgehead atoms. The van der Waals surface area contributed by atoms with Crippen LogP contribution in [0.1, 0.15) is 29.2 Å². The Bertz CT molecular complexity index is 828. The summed E-state index contributed by atoms with van der Waals surface area (Å²) < 4.78 is 11.6. The van der Waals surface area contributed by atoms with Gasteiger partial charge in [-0.2, -0.15) is 0 Å². The lowest BCUT2D eigenvalue weighted by molar-refractivity contribution is 0.219. The number of benzene rings is 2. The van der Waals surface area contributed by atoms with Crippen molar-refractivity contribution in [3.8, 4) is 11.5 Å². The van der Waals surface area contributed by atoms with Gasteiger partial charge in [0.05, 0.1) is 24.4 Å². The first-order chi connectivity index (χ1) is 11.2. The molecule has 0 fully saturated rings. The van der Waals surface area contributed by atoms with Gasteiger partial charge in [0.1, 0.15) is 11.1 Å². The summed E-state index contributed by atoms with van der Waals surface area (Å²) in [5.41, 5.74) is 2.92. The summed E-state index contributed by atoms with van der Waals surface area (Å²) in [7, 11) is 3.17. The SMILES string of the molecule is CCc1ccc2nc(C(O)c3ccc(OC)c(OC)c3)sc2c1. The first-order valence-corrected chi connectivity index (χ1v) is 8.27. The van der Waals surface area contributed by atoms with Gasteiger partial charge in [-0.15, -0.1) is 11.3 Å². The normalized spacial score (nSPS) is 12.3. The fourth-order valence-electron chi connectivity index (χ4n) is 2.49. The average Bonchev–Trinajstić information content (AvgIpc) is 3.03. The molecule has 120 valence electrons. The van der Waals surface area contributed by atoms with Gasteiger partial charge in [-0.3, -0.25) is 0 Å². The van der Waals surface area contributed by atoms with Crippen LogP contribution in [0.3, 0.4) is 0 Å². The molecule has 0 saturated heterocycles. The Balaban J connectivity index is 1.97. The molecule has 0 spiro atoms. The Hall–Kier alpha value is -2.11. The smallest absolute Gasteiger partial charge is 0.161 e. The van der Waals surface area contributed by atoms with E-state index in [0.29, 0.717) is 16.5 Å². The van der Waals surface area contributed by atoms with E-state index < -0.39 is 6.10 Å². The van der Waals surface area contributed by atoms with Crippen molar-refractivity contribution in [2.45, 2.75) is 19.4 Å². The van der Waals surface area contributed by atoms with Crippen LogP contribution in [-0.2, 0) is 6.42 Å². The van der Waals surface area contributed by atoms with Crippen LogP contribution in [0.5, 0.6) is 11.5 Å². The van der Waals surface area contributed by atoms with E-state index in [0.717, 1.165) is 22.2 Å². The maximum Gasteiger partial charge on any atom is 0.161 e. The number of methoxy groups -OCH3 is 2. The number of aliphatic hydroxyl groups is 1. The minimum absolute atomic E-state index is 0.596. The highest BCUT2D eigenvalue weighted by molar-refractivity contribution is 7.18. The molecule has 2 aromatic carbocycles. The summed E-state index contributed by atoms with van der Waals surface area (Å²) >= 11 is 1.52. The summed E-state index contributed by atoms with van der Waals surface area (Å²) in [6, 6.07) is 11.6. The minimum Gasteiger partial charge on any atom is -0.493 e. The molecule has 1 aromatic heterocycles. The quantitative estimate of drug-likeness (QED) is 0.770. The number of rotatable bonds is 5. The van der Waals surface area contributed by atoms with Crippen LogP contribution in [-0.4, -0.2) is 24.3 Å². The molecule has 0 radical (unpaired) electrons. The number of aryl methyl sites for hydroxylation is 1. The molecule has 3 aromatic rings. The van der Waals surface area contributed by atoms with E-state index in [2.05, 4.69) is 24.0 Å². The summed E-state index contributed by atoms with van der Waals surface area (Å²) in [5.74, 6) is 1.23. The molecule has 5 heteroatoms. The standard InChI is InChI=1S/C18H19NO3S/c1-4-11-5-7-13-16(9-11)23-18(19-13)17(20)12-6-8-14(21-2)15(10-12)22-3/h5-10,17,20H,4H2,1-3H3. The van der Waals surface area contributed by atoms with Crippen molar-refractivity contribution < 1.29 is 14.6 Å². The molecule has 0 aliphatic carbocycles. The van der Waals surface area contributed by atoms with E-state index in [9.17, 15) is 5.11 Å². The van der Waals surface area contributed by atoms with Crippen molar-refractivity contribution >= 4 is 21.6 Å². The number of fused-ring (bicyclic) bond motifs is 1. The summed E-state index contributed by atoms with van der Waals surface area (Å²) in [4.78, 5) is 4.56. The zero-order valence-corrected chi connectivity index (χ0v) is 14.2. The first-order valence-electron chi connectivity index (χ1n) is 7.45. The number of hydrogen-bond donors (Lipinski definition) is 1. The lowest BCUT2D eigenvalue weighted by Gasteiger charge is -2.12. The van der Waals surface area contributed by atoms with E-state index in [1.54, 1.807) is 26.4 Å². The van der Waals surface area contributed by atoms with E-state index in [1.807, 2.05) is 12.1 Å². The van der Waals surface area contributed by atoms with E-state index >= 15 is 0 Å². The summed E-state index contributed by atoms with van der Waals surface area (Å²) in [6.45, 7) is 2.13. The van der Waals surface area contributed by atoms with E-state index in [1.165, 1.54) is 16.9 Å². The zero-order chi connectivity index (χ0) is 16.4. The van der Waals surface area contributed by atoms with Crippen molar-refractivity contribution in [1.82, 2.24) is 4.98 Å². The second-order valence-electron chi connectivity index (χ2n) is 5.22. The van der Waals surface area contributed by atoms with Gasteiger partial charge < -0.3 is 14.6 Å². The maximum absolute atomic E-state index is 10.7. The number of aliphatic hydroxyl groups excluding tert-OH is 1. The van der Waals surface area contributed by atoms with Crippen molar-refractivity contribution in [1.29, 1.82) is 0 Å². The van der Waals surface area contributed by atoms with E-state index in [4.69, 9.17) is 9.47 Å². The van der Waals surface area contributed by atoms with Crippen LogP contribution in [0.2, 0.25) is 0 Å². The van der Waals surface area contributed by atoms with Crippen molar-refractivity contribution in [3.63, 3.8) is 0 Å². The Morgan fingerprint density at radius 3 is 2.57 bits per heavy atom. The molecule has 1 N–H and O–H groups in total. The van der Waals surface area contributed by atoms with Gasteiger partial charge in [0.2, 0.25) is 0 Å². The van der Waals surface area contributed by atoms with Crippen LogP contribution in [0.4, 0.5) is 0 Å². The highest BCUT2D eigenvalue weighted by atomic mass is 32.1. The molecule has 0 aliphatic rings. The topological polar surface area (TPSA) is 51.6 Å². The third kappa shape index (κ3) is 3.02. The number of nitrogens with zero attached hydrogens (tertiary/aromatic N) is 1. The van der Waals surface area contributed by atoms with Gasteiger partial charge in [-0.25, -0.2) is 4.98 Å². The van der Waals surface area contributed by atoms with Gasteiger partial charge in [0, 0.05) is 0 Å². The number of ether oxygens (including phenoxy) is 2. The van der Waals surface area contributed by atoms with Crippen LogP contribution in [0.15, 0.2) is 36.4 Å². The molecule has 23 heavy (non-hydrogen) atoms. The zero-order valence-electron chi connectivity index (χ0n) is 13.4. The molecular weight excluding hydrogens is 310 g/mol. The average molecular weight is 329 g/mol. The fraction of sp³-hybridized carbons (Fsp3) is 0.278. The molecule has 0 amide bonds. The second-order valence-corrected chi connectivity index (χ2v) is 6.29. The first kappa shape index (κ1) is 15.8. The van der Waals surface area contributed by atoms with Crippen molar-refractivity contribution in [2.24, 2.45) is 0 Å². The highest BCUT2D eigenvalue weighted by Gasteiger charge is 2.17. The fourth-order valence-corrected chi connectivity index (χ4v) is 3.53. The largest absolute Gasteiger partial charge is 0.493 e. The molecule has 0 saturated carbocycles. The van der Waals surface area contributed by atoms with Crippen LogP contribution >= 0.6 is 11.3 Å². The Morgan fingerprint density at radius 1 is 1.09 bits per heavy atom. The van der Waals surface area contributed by atoms with E-state index in [-0.39, 0.29) is 0 Å². The third-order valence-electron chi connectivity index (χ3n) is 3.83. The Labute approximate surface area is 139 Å². The van der Waals surface area contributed by atoms with Crippen molar-refractivity contribution in [2.75, 3.05) is 14.2 Å². The molecular formula is C18H19NO3S. The Morgan fingerprint density at radius 2 is 1.87 bits per heavy atom. The number of thiazole rings is 1. The van der Waals surface area contributed by atoms with Gasteiger partial charge in [0.15, 0.2) is 11.5 Å². The lowest BCUT2D eigenvalue weighted by atomic mass is 10.1. The Kier molecular flexibility index (Phi) is 4.50. The molecule has 1 atom stereocenters. The van der Waals surface area contributed by atoms with Gasteiger partial charge in [-0.1, -0.05) is 19.1 Å². The molecule has 4 nitrogen and oxygen atoms in total. The number of aromatic nitrogens is 1. The second kappa shape index (κ2) is 6.56. The van der Waals surface area contributed by atoms with Gasteiger partial charge >= 0.3 is 0 Å². The van der Waals surface area contributed by atoms with Gasteiger partial charge in [0.25, 0.3) is 0 Å². The number of hydrogen-bond acceptors (Lipinski definition) is 5. The summed E-state index contributed by atoms with van der Waals surface area (Å²) in [6.07, 6.45) is 0.207. The van der Waals surface area contributed by atoms with Crippen LogP contribution < -0.4 is 9.47 Å². The van der Waals surface area contributed by atoms with Gasteiger partial charge in [-0.05, 0) is 41.8 Å². The third-order valence-corrected chi connectivity index (χ3v) is 4.91. The highest BCUT2D eigenvalue weighted by Crippen LogP contribution is 2.35. The van der Waals surface area contributed by atoms with Crippen LogP contribution in [0, 0.1) is 0 Å². The van der Waals surface area contributed by atoms with Crippen molar-refractivity contribution in [3.05, 3.63) is 52.5 Å². The predicted octanol–water partition coefficient (Wildman–Crippen LogP) is 3.96. The predicted molar refractivity (Wildman–Crippen MR) is 92.6 cm³/mol. The maximum atomic E-state index is 10.7. The van der Waals surface area contributed by atoms with Crippen LogP contribution in [0.25, 0.3) is 10.2 Å².